The minimum atomic E-state index is -0.172. The first-order chi connectivity index (χ1) is 9.08. The van der Waals surface area contributed by atoms with Crippen LogP contribution in [0.1, 0.15) is 21.5 Å². The van der Waals surface area contributed by atoms with Gasteiger partial charge in [-0.3, -0.25) is 4.79 Å². The second-order valence-electron chi connectivity index (χ2n) is 4.16. The van der Waals surface area contributed by atoms with Crippen LogP contribution in [0.3, 0.4) is 0 Å². The number of nitrogens with zero attached hydrogens (tertiary/aromatic N) is 1. The predicted octanol–water partition coefficient (Wildman–Crippen LogP) is 3.88. The molecule has 2 aromatic carbocycles. The first-order valence-corrected chi connectivity index (χ1v) is 6.46. The highest BCUT2D eigenvalue weighted by Crippen LogP contribution is 2.17. The number of hydrogen-bond acceptors (Lipinski definition) is 2. The highest BCUT2D eigenvalue weighted by molar-refractivity contribution is 9.10. The number of rotatable bonds is 2. The van der Waals surface area contributed by atoms with Crippen molar-refractivity contribution in [2.24, 2.45) is 0 Å². The van der Waals surface area contributed by atoms with Gasteiger partial charge in [-0.1, -0.05) is 15.9 Å². The van der Waals surface area contributed by atoms with Crippen LogP contribution in [-0.4, -0.2) is 5.91 Å². The van der Waals surface area contributed by atoms with Gasteiger partial charge in [0.1, 0.15) is 0 Å². The van der Waals surface area contributed by atoms with Crippen molar-refractivity contribution in [3.8, 4) is 6.07 Å². The number of hydrogen-bond donors (Lipinski definition) is 1. The van der Waals surface area contributed by atoms with E-state index in [4.69, 9.17) is 5.26 Å². The van der Waals surface area contributed by atoms with Gasteiger partial charge < -0.3 is 5.32 Å². The van der Waals surface area contributed by atoms with E-state index in [-0.39, 0.29) is 5.91 Å². The molecule has 0 bridgehead atoms. The Hall–Kier alpha value is -2.12. The molecule has 2 aromatic rings. The maximum Gasteiger partial charge on any atom is 0.255 e. The van der Waals surface area contributed by atoms with Crippen molar-refractivity contribution < 1.29 is 4.79 Å². The molecular weight excluding hydrogens is 304 g/mol. The lowest BCUT2D eigenvalue weighted by molar-refractivity contribution is 0.102. The zero-order chi connectivity index (χ0) is 13.8. The van der Waals surface area contributed by atoms with E-state index >= 15 is 0 Å². The van der Waals surface area contributed by atoms with Crippen LogP contribution in [0.5, 0.6) is 0 Å². The Balaban J connectivity index is 2.18. The summed E-state index contributed by atoms with van der Waals surface area (Å²) in [5.41, 5.74) is 2.84. The zero-order valence-electron chi connectivity index (χ0n) is 10.3. The molecule has 4 heteroatoms. The molecule has 0 atom stereocenters. The third-order valence-corrected chi connectivity index (χ3v) is 3.03. The van der Waals surface area contributed by atoms with Crippen LogP contribution < -0.4 is 5.32 Å². The lowest BCUT2D eigenvalue weighted by atomic mass is 10.1. The van der Waals surface area contributed by atoms with Gasteiger partial charge in [0.2, 0.25) is 0 Å². The van der Waals surface area contributed by atoms with E-state index in [2.05, 4.69) is 21.2 Å². The molecule has 0 unspecified atom stereocenters. The molecule has 2 rings (SSSR count). The fourth-order valence-electron chi connectivity index (χ4n) is 1.70. The Morgan fingerprint density at radius 3 is 2.47 bits per heavy atom. The van der Waals surface area contributed by atoms with Gasteiger partial charge >= 0.3 is 0 Å². The first-order valence-electron chi connectivity index (χ1n) is 5.67. The average molecular weight is 315 g/mol. The SMILES string of the molecule is Cc1cc(Br)cc(C(=O)Nc2ccc(C#N)cc2)c1. The molecule has 0 aliphatic rings. The van der Waals surface area contributed by atoms with Crippen LogP contribution in [0.15, 0.2) is 46.9 Å². The summed E-state index contributed by atoms with van der Waals surface area (Å²) in [5.74, 6) is -0.172. The average Bonchev–Trinajstić information content (AvgIpc) is 2.38. The molecule has 0 aliphatic carbocycles. The Kier molecular flexibility index (Phi) is 3.98. The Morgan fingerprint density at radius 1 is 1.21 bits per heavy atom. The van der Waals surface area contributed by atoms with Crippen molar-refractivity contribution in [3.63, 3.8) is 0 Å². The number of benzene rings is 2. The van der Waals surface area contributed by atoms with E-state index in [0.717, 1.165) is 10.0 Å². The number of aryl methyl sites for hydroxylation is 1. The Bertz CT molecular complexity index is 637. The van der Waals surface area contributed by atoms with E-state index in [0.29, 0.717) is 16.8 Å². The van der Waals surface area contributed by atoms with E-state index in [1.165, 1.54) is 0 Å². The molecule has 19 heavy (non-hydrogen) atoms. The molecule has 1 N–H and O–H groups in total. The van der Waals surface area contributed by atoms with Gasteiger partial charge in [0.25, 0.3) is 5.91 Å². The van der Waals surface area contributed by atoms with Gasteiger partial charge in [-0.15, -0.1) is 0 Å². The molecule has 0 spiro atoms. The zero-order valence-corrected chi connectivity index (χ0v) is 11.9. The summed E-state index contributed by atoms with van der Waals surface area (Å²) in [6, 6.07) is 14.3. The van der Waals surface area contributed by atoms with Gasteiger partial charge in [0, 0.05) is 15.7 Å². The van der Waals surface area contributed by atoms with Crippen LogP contribution in [0.2, 0.25) is 0 Å². The van der Waals surface area contributed by atoms with E-state index < -0.39 is 0 Å². The monoisotopic (exact) mass is 314 g/mol. The summed E-state index contributed by atoms with van der Waals surface area (Å²) < 4.78 is 0.873. The van der Waals surface area contributed by atoms with Gasteiger partial charge in [-0.2, -0.15) is 5.26 Å². The predicted molar refractivity (Wildman–Crippen MR) is 78.0 cm³/mol. The number of anilines is 1. The standard InChI is InChI=1S/C15H11BrN2O/c1-10-6-12(8-13(16)7-10)15(19)18-14-4-2-11(9-17)3-5-14/h2-8H,1H3,(H,18,19). The highest BCUT2D eigenvalue weighted by Gasteiger charge is 2.07. The summed E-state index contributed by atoms with van der Waals surface area (Å²) in [4.78, 5) is 12.1. The van der Waals surface area contributed by atoms with Crippen molar-refractivity contribution in [1.82, 2.24) is 0 Å². The van der Waals surface area contributed by atoms with Crippen LogP contribution in [0.25, 0.3) is 0 Å². The van der Waals surface area contributed by atoms with Crippen molar-refractivity contribution in [3.05, 3.63) is 63.6 Å². The van der Waals surface area contributed by atoms with E-state index in [9.17, 15) is 4.79 Å². The van der Waals surface area contributed by atoms with Crippen molar-refractivity contribution in [2.45, 2.75) is 6.92 Å². The molecule has 0 saturated heterocycles. The molecule has 0 heterocycles. The van der Waals surface area contributed by atoms with Gasteiger partial charge in [-0.05, 0) is 55.0 Å². The van der Waals surface area contributed by atoms with Crippen LogP contribution in [-0.2, 0) is 0 Å². The van der Waals surface area contributed by atoms with E-state index in [1.54, 1.807) is 30.3 Å². The molecule has 0 saturated carbocycles. The number of nitriles is 1. The third-order valence-electron chi connectivity index (χ3n) is 2.58. The smallest absolute Gasteiger partial charge is 0.255 e. The van der Waals surface area contributed by atoms with Gasteiger partial charge in [0.15, 0.2) is 0 Å². The summed E-state index contributed by atoms with van der Waals surface area (Å²) in [5, 5.41) is 11.5. The minimum Gasteiger partial charge on any atom is -0.322 e. The second kappa shape index (κ2) is 5.68. The largest absolute Gasteiger partial charge is 0.322 e. The quantitative estimate of drug-likeness (QED) is 0.914. The van der Waals surface area contributed by atoms with Crippen LogP contribution in [0.4, 0.5) is 5.69 Å². The number of carbonyl (C=O) groups is 1. The van der Waals surface area contributed by atoms with Gasteiger partial charge in [0.05, 0.1) is 11.6 Å². The fraction of sp³-hybridized carbons (Fsp3) is 0.0667. The first kappa shape index (κ1) is 13.3. The van der Waals surface area contributed by atoms with E-state index in [1.807, 2.05) is 25.1 Å². The Labute approximate surface area is 120 Å². The summed E-state index contributed by atoms with van der Waals surface area (Å²) in [7, 11) is 0. The van der Waals surface area contributed by atoms with Crippen LogP contribution in [0, 0.1) is 18.3 Å². The molecule has 94 valence electrons. The maximum absolute atomic E-state index is 12.1. The lowest BCUT2D eigenvalue weighted by Crippen LogP contribution is -2.12. The number of carbonyl (C=O) groups excluding carboxylic acids is 1. The summed E-state index contributed by atoms with van der Waals surface area (Å²) in [6.45, 7) is 1.93. The van der Waals surface area contributed by atoms with Gasteiger partial charge in [-0.25, -0.2) is 0 Å². The molecule has 0 radical (unpaired) electrons. The fourth-order valence-corrected chi connectivity index (χ4v) is 2.31. The third kappa shape index (κ3) is 3.43. The second-order valence-corrected chi connectivity index (χ2v) is 5.08. The van der Waals surface area contributed by atoms with Crippen molar-refractivity contribution >= 4 is 27.5 Å². The Morgan fingerprint density at radius 2 is 1.89 bits per heavy atom. The number of nitrogens with one attached hydrogen (secondary N) is 1. The minimum absolute atomic E-state index is 0.172. The molecule has 3 nitrogen and oxygen atoms in total. The topological polar surface area (TPSA) is 52.9 Å². The number of amides is 1. The molecule has 0 aromatic heterocycles. The molecule has 0 fully saturated rings. The normalized spacial score (nSPS) is 9.74. The lowest BCUT2D eigenvalue weighted by Gasteiger charge is -2.06. The molecular formula is C15H11BrN2O. The molecule has 1 amide bonds. The maximum atomic E-state index is 12.1. The number of halogens is 1. The van der Waals surface area contributed by atoms with Crippen LogP contribution >= 0.6 is 15.9 Å². The summed E-state index contributed by atoms with van der Waals surface area (Å²) in [6.07, 6.45) is 0. The molecule has 0 aliphatic heterocycles. The highest BCUT2D eigenvalue weighted by atomic mass is 79.9. The summed E-state index contributed by atoms with van der Waals surface area (Å²) >= 11 is 3.37. The van der Waals surface area contributed by atoms with Crippen molar-refractivity contribution in [1.29, 1.82) is 5.26 Å². The van der Waals surface area contributed by atoms with Crippen molar-refractivity contribution in [2.75, 3.05) is 5.32 Å².